The Morgan fingerprint density at radius 1 is 1.44 bits per heavy atom. The van der Waals surface area contributed by atoms with Gasteiger partial charge in [0.25, 0.3) is 0 Å². The average molecular weight is 216 g/mol. The van der Waals surface area contributed by atoms with Gasteiger partial charge in [-0.05, 0) is 19.1 Å². The highest BCUT2D eigenvalue weighted by Gasteiger charge is 2.06. The Hall–Kier alpha value is -1.68. The molecule has 0 aliphatic carbocycles. The second-order valence-electron chi connectivity index (χ2n) is 3.85. The lowest BCUT2D eigenvalue weighted by Gasteiger charge is -2.13. The number of rotatable bonds is 4. The molecule has 2 aromatic heterocycles. The van der Waals surface area contributed by atoms with Crippen LogP contribution >= 0.6 is 0 Å². The minimum Gasteiger partial charge on any atom is -0.337 e. The molecule has 84 valence electrons. The third kappa shape index (κ3) is 2.46. The van der Waals surface area contributed by atoms with Gasteiger partial charge in [0.15, 0.2) is 0 Å². The number of aromatic nitrogens is 3. The van der Waals surface area contributed by atoms with E-state index < -0.39 is 0 Å². The Morgan fingerprint density at radius 3 is 2.94 bits per heavy atom. The van der Waals surface area contributed by atoms with Gasteiger partial charge in [-0.15, -0.1) is 0 Å². The number of imidazole rings is 1. The standard InChI is InChI=1S/C12H16N4/c1-10(12-5-3-4-6-14-12)15-8-11-7-13-9-16(11)2/h3-7,9-10,15H,8H2,1-2H3/t10-/m0/s1. The summed E-state index contributed by atoms with van der Waals surface area (Å²) in [5.74, 6) is 0. The fourth-order valence-corrected chi connectivity index (χ4v) is 1.55. The Morgan fingerprint density at radius 2 is 2.31 bits per heavy atom. The number of hydrogen-bond acceptors (Lipinski definition) is 3. The molecule has 1 atom stereocenters. The van der Waals surface area contributed by atoms with E-state index in [0.717, 1.165) is 12.2 Å². The van der Waals surface area contributed by atoms with E-state index in [1.54, 1.807) is 0 Å². The average Bonchev–Trinajstić information content (AvgIpc) is 2.73. The monoisotopic (exact) mass is 216 g/mol. The van der Waals surface area contributed by atoms with Gasteiger partial charge >= 0.3 is 0 Å². The van der Waals surface area contributed by atoms with Gasteiger partial charge in [-0.3, -0.25) is 4.98 Å². The van der Waals surface area contributed by atoms with Crippen LogP contribution in [-0.2, 0) is 13.6 Å². The van der Waals surface area contributed by atoms with Crippen LogP contribution in [0.1, 0.15) is 24.4 Å². The fraction of sp³-hybridized carbons (Fsp3) is 0.333. The van der Waals surface area contributed by atoms with Gasteiger partial charge < -0.3 is 9.88 Å². The predicted octanol–water partition coefficient (Wildman–Crippen LogP) is 1.67. The molecule has 0 radical (unpaired) electrons. The number of aryl methyl sites for hydroxylation is 1. The zero-order chi connectivity index (χ0) is 11.4. The minimum absolute atomic E-state index is 0.246. The molecule has 0 amide bonds. The van der Waals surface area contributed by atoms with E-state index in [2.05, 4.69) is 22.2 Å². The van der Waals surface area contributed by atoms with Crippen molar-refractivity contribution < 1.29 is 0 Å². The van der Waals surface area contributed by atoms with Crippen LogP contribution in [0.15, 0.2) is 36.9 Å². The van der Waals surface area contributed by atoms with Crippen LogP contribution in [0.3, 0.4) is 0 Å². The molecule has 0 bridgehead atoms. The van der Waals surface area contributed by atoms with Crippen LogP contribution in [0, 0.1) is 0 Å². The molecule has 4 heteroatoms. The molecule has 0 spiro atoms. The van der Waals surface area contributed by atoms with Gasteiger partial charge in [-0.2, -0.15) is 0 Å². The van der Waals surface area contributed by atoms with Crippen LogP contribution in [0.4, 0.5) is 0 Å². The highest BCUT2D eigenvalue weighted by atomic mass is 15.1. The molecule has 0 saturated carbocycles. The lowest BCUT2D eigenvalue weighted by atomic mass is 10.2. The molecule has 2 heterocycles. The summed E-state index contributed by atoms with van der Waals surface area (Å²) in [6, 6.07) is 6.21. The molecular weight excluding hydrogens is 200 g/mol. The van der Waals surface area contributed by atoms with Gasteiger partial charge in [-0.1, -0.05) is 6.07 Å². The minimum atomic E-state index is 0.246. The lowest BCUT2D eigenvalue weighted by Crippen LogP contribution is -2.20. The molecule has 0 aromatic carbocycles. The van der Waals surface area contributed by atoms with Crippen molar-refractivity contribution in [2.24, 2.45) is 7.05 Å². The van der Waals surface area contributed by atoms with Crippen molar-refractivity contribution in [2.75, 3.05) is 0 Å². The van der Waals surface area contributed by atoms with Crippen molar-refractivity contribution in [3.05, 3.63) is 48.3 Å². The SMILES string of the molecule is C[C@H](NCc1cncn1C)c1ccccn1. The van der Waals surface area contributed by atoms with Crippen molar-refractivity contribution in [1.82, 2.24) is 19.9 Å². The van der Waals surface area contributed by atoms with Crippen LogP contribution in [0.2, 0.25) is 0 Å². The molecule has 0 unspecified atom stereocenters. The summed E-state index contributed by atoms with van der Waals surface area (Å²) >= 11 is 0. The molecular formula is C12H16N4. The highest BCUT2D eigenvalue weighted by molar-refractivity contribution is 5.08. The third-order valence-corrected chi connectivity index (χ3v) is 2.64. The van der Waals surface area contributed by atoms with E-state index in [1.165, 1.54) is 5.69 Å². The van der Waals surface area contributed by atoms with Gasteiger partial charge in [0.05, 0.1) is 17.7 Å². The van der Waals surface area contributed by atoms with Crippen molar-refractivity contribution in [2.45, 2.75) is 19.5 Å². The molecule has 0 saturated heterocycles. The summed E-state index contributed by atoms with van der Waals surface area (Å²) in [5.41, 5.74) is 2.23. The first kappa shape index (κ1) is 10.8. The van der Waals surface area contributed by atoms with Crippen molar-refractivity contribution >= 4 is 0 Å². The quantitative estimate of drug-likeness (QED) is 0.845. The third-order valence-electron chi connectivity index (χ3n) is 2.64. The normalized spacial score (nSPS) is 12.6. The maximum atomic E-state index is 4.32. The number of nitrogens with one attached hydrogen (secondary N) is 1. The van der Waals surface area contributed by atoms with Crippen LogP contribution in [0.5, 0.6) is 0 Å². The highest BCUT2D eigenvalue weighted by Crippen LogP contribution is 2.08. The van der Waals surface area contributed by atoms with Gasteiger partial charge in [0.1, 0.15) is 0 Å². The first-order valence-electron chi connectivity index (χ1n) is 5.37. The molecule has 0 aliphatic heterocycles. The molecule has 4 nitrogen and oxygen atoms in total. The van der Waals surface area contributed by atoms with Crippen LogP contribution in [0.25, 0.3) is 0 Å². The second kappa shape index (κ2) is 4.90. The van der Waals surface area contributed by atoms with Crippen molar-refractivity contribution in [3.8, 4) is 0 Å². The van der Waals surface area contributed by atoms with Crippen molar-refractivity contribution in [1.29, 1.82) is 0 Å². The zero-order valence-electron chi connectivity index (χ0n) is 9.59. The van der Waals surface area contributed by atoms with Gasteiger partial charge in [-0.25, -0.2) is 4.98 Å². The van der Waals surface area contributed by atoms with E-state index in [9.17, 15) is 0 Å². The van der Waals surface area contributed by atoms with E-state index >= 15 is 0 Å². The van der Waals surface area contributed by atoms with E-state index in [-0.39, 0.29) is 6.04 Å². The summed E-state index contributed by atoms with van der Waals surface area (Å²) in [7, 11) is 2.00. The summed E-state index contributed by atoms with van der Waals surface area (Å²) in [5, 5.41) is 3.42. The number of hydrogen-bond donors (Lipinski definition) is 1. The first-order chi connectivity index (χ1) is 7.77. The summed E-state index contributed by atoms with van der Waals surface area (Å²) < 4.78 is 2.01. The van der Waals surface area contributed by atoms with E-state index in [1.807, 2.05) is 48.5 Å². The fourth-order valence-electron chi connectivity index (χ4n) is 1.55. The number of pyridine rings is 1. The molecule has 0 aliphatic rings. The molecule has 0 fully saturated rings. The Bertz CT molecular complexity index is 435. The number of nitrogens with zero attached hydrogens (tertiary/aromatic N) is 3. The van der Waals surface area contributed by atoms with E-state index in [0.29, 0.717) is 0 Å². The molecule has 2 rings (SSSR count). The molecule has 1 N–H and O–H groups in total. The van der Waals surface area contributed by atoms with Crippen LogP contribution in [-0.4, -0.2) is 14.5 Å². The Kier molecular flexibility index (Phi) is 3.31. The predicted molar refractivity (Wildman–Crippen MR) is 62.7 cm³/mol. The second-order valence-corrected chi connectivity index (χ2v) is 3.85. The summed E-state index contributed by atoms with van der Waals surface area (Å²) in [4.78, 5) is 8.40. The first-order valence-corrected chi connectivity index (χ1v) is 5.37. The van der Waals surface area contributed by atoms with Crippen LogP contribution < -0.4 is 5.32 Å². The Labute approximate surface area is 95.4 Å². The molecule has 16 heavy (non-hydrogen) atoms. The van der Waals surface area contributed by atoms with Crippen molar-refractivity contribution in [3.63, 3.8) is 0 Å². The summed E-state index contributed by atoms with van der Waals surface area (Å²) in [6.07, 6.45) is 5.50. The lowest BCUT2D eigenvalue weighted by molar-refractivity contribution is 0.546. The Balaban J connectivity index is 1.94. The molecule has 2 aromatic rings. The topological polar surface area (TPSA) is 42.7 Å². The zero-order valence-corrected chi connectivity index (χ0v) is 9.59. The largest absolute Gasteiger partial charge is 0.337 e. The van der Waals surface area contributed by atoms with E-state index in [4.69, 9.17) is 0 Å². The maximum absolute atomic E-state index is 4.32. The van der Waals surface area contributed by atoms with Gasteiger partial charge in [0.2, 0.25) is 0 Å². The van der Waals surface area contributed by atoms with Gasteiger partial charge in [0, 0.05) is 32.0 Å². The smallest absolute Gasteiger partial charge is 0.0945 e. The summed E-state index contributed by atoms with van der Waals surface area (Å²) in [6.45, 7) is 2.91. The maximum Gasteiger partial charge on any atom is 0.0945 e.